The number of piperazine rings is 1. The summed E-state index contributed by atoms with van der Waals surface area (Å²) in [5.74, 6) is 0.106. The first-order valence-electron chi connectivity index (χ1n) is 8.56. The summed E-state index contributed by atoms with van der Waals surface area (Å²) < 4.78 is 0. The highest BCUT2D eigenvalue weighted by molar-refractivity contribution is 5.82. The van der Waals surface area contributed by atoms with E-state index in [1.54, 1.807) is 0 Å². The van der Waals surface area contributed by atoms with Gasteiger partial charge in [0.2, 0.25) is 5.91 Å². The molecule has 1 aliphatic heterocycles. The molecule has 0 bridgehead atoms. The highest BCUT2D eigenvalue weighted by Gasteiger charge is 2.29. The quantitative estimate of drug-likeness (QED) is 0.920. The molecular weight excluding hydrogens is 274 g/mol. The number of hydrogen-bond acceptors (Lipinski definition) is 3. The third kappa shape index (κ3) is 3.68. The average Bonchev–Trinajstić information content (AvgIpc) is 3.10. The van der Waals surface area contributed by atoms with Crippen molar-refractivity contribution in [3.05, 3.63) is 35.9 Å². The van der Waals surface area contributed by atoms with Gasteiger partial charge in [-0.1, -0.05) is 43.2 Å². The summed E-state index contributed by atoms with van der Waals surface area (Å²) in [4.78, 5) is 17.0. The maximum absolute atomic E-state index is 12.5. The Morgan fingerprint density at radius 1 is 1.09 bits per heavy atom. The Bertz CT molecular complexity index is 476. The SMILES string of the molecule is N[C@@H](Cc1ccccc1)C(=O)N1CCN(C2CCCC2)CC1. The van der Waals surface area contributed by atoms with Gasteiger partial charge >= 0.3 is 0 Å². The predicted molar refractivity (Wildman–Crippen MR) is 88.5 cm³/mol. The second-order valence-electron chi connectivity index (χ2n) is 6.60. The van der Waals surface area contributed by atoms with Crippen LogP contribution in [0, 0.1) is 0 Å². The van der Waals surface area contributed by atoms with Crippen LogP contribution in [0.1, 0.15) is 31.2 Å². The Morgan fingerprint density at radius 2 is 1.73 bits per heavy atom. The molecular formula is C18H27N3O. The number of hydrogen-bond donors (Lipinski definition) is 1. The van der Waals surface area contributed by atoms with Crippen LogP contribution in [-0.4, -0.2) is 54.0 Å². The third-order valence-corrected chi connectivity index (χ3v) is 5.08. The van der Waals surface area contributed by atoms with Gasteiger partial charge in [-0.2, -0.15) is 0 Å². The Labute approximate surface area is 133 Å². The summed E-state index contributed by atoms with van der Waals surface area (Å²) in [6.07, 6.45) is 6.03. The largest absolute Gasteiger partial charge is 0.339 e. The molecule has 1 aromatic rings. The van der Waals surface area contributed by atoms with Crippen molar-refractivity contribution in [2.45, 2.75) is 44.2 Å². The lowest BCUT2D eigenvalue weighted by Gasteiger charge is -2.38. The van der Waals surface area contributed by atoms with E-state index in [1.807, 2.05) is 35.2 Å². The summed E-state index contributed by atoms with van der Waals surface area (Å²) in [5.41, 5.74) is 7.26. The van der Waals surface area contributed by atoms with Gasteiger partial charge in [0.15, 0.2) is 0 Å². The molecule has 1 aliphatic carbocycles. The van der Waals surface area contributed by atoms with Gasteiger partial charge in [-0.3, -0.25) is 9.69 Å². The number of carbonyl (C=O) groups excluding carboxylic acids is 1. The highest BCUT2D eigenvalue weighted by Crippen LogP contribution is 2.24. The first kappa shape index (κ1) is 15.5. The lowest BCUT2D eigenvalue weighted by atomic mass is 10.1. The van der Waals surface area contributed by atoms with E-state index in [1.165, 1.54) is 25.7 Å². The van der Waals surface area contributed by atoms with Crippen LogP contribution >= 0.6 is 0 Å². The number of nitrogens with two attached hydrogens (primary N) is 1. The molecule has 1 amide bonds. The van der Waals surface area contributed by atoms with Crippen molar-refractivity contribution in [2.75, 3.05) is 26.2 Å². The monoisotopic (exact) mass is 301 g/mol. The zero-order valence-electron chi connectivity index (χ0n) is 13.3. The second kappa shape index (κ2) is 7.25. The van der Waals surface area contributed by atoms with Crippen LogP contribution in [0.5, 0.6) is 0 Å². The van der Waals surface area contributed by atoms with Crippen molar-refractivity contribution in [3.8, 4) is 0 Å². The van der Waals surface area contributed by atoms with Crippen molar-refractivity contribution in [1.82, 2.24) is 9.80 Å². The maximum atomic E-state index is 12.5. The molecule has 0 unspecified atom stereocenters. The molecule has 4 heteroatoms. The number of carbonyl (C=O) groups is 1. The molecule has 1 saturated heterocycles. The van der Waals surface area contributed by atoms with Gasteiger partial charge in [0, 0.05) is 32.2 Å². The Morgan fingerprint density at radius 3 is 2.36 bits per heavy atom. The number of nitrogens with zero attached hydrogens (tertiary/aromatic N) is 2. The van der Waals surface area contributed by atoms with Crippen LogP contribution in [0.3, 0.4) is 0 Å². The van der Waals surface area contributed by atoms with Crippen LogP contribution in [0.25, 0.3) is 0 Å². The second-order valence-corrected chi connectivity index (χ2v) is 6.60. The molecule has 1 aromatic carbocycles. The zero-order chi connectivity index (χ0) is 15.4. The summed E-state index contributed by atoms with van der Waals surface area (Å²) >= 11 is 0. The molecule has 2 N–H and O–H groups in total. The van der Waals surface area contributed by atoms with Gasteiger partial charge < -0.3 is 10.6 Å². The molecule has 0 spiro atoms. The molecule has 1 saturated carbocycles. The first-order chi connectivity index (χ1) is 10.7. The van der Waals surface area contributed by atoms with E-state index in [0.29, 0.717) is 6.42 Å². The summed E-state index contributed by atoms with van der Waals surface area (Å²) in [7, 11) is 0. The minimum absolute atomic E-state index is 0.106. The van der Waals surface area contributed by atoms with Crippen LogP contribution < -0.4 is 5.73 Å². The summed E-state index contributed by atoms with van der Waals surface area (Å²) in [5, 5.41) is 0. The Hall–Kier alpha value is -1.39. The molecule has 120 valence electrons. The predicted octanol–water partition coefficient (Wildman–Crippen LogP) is 1.64. The smallest absolute Gasteiger partial charge is 0.239 e. The van der Waals surface area contributed by atoms with Crippen LogP contribution in [-0.2, 0) is 11.2 Å². The van der Waals surface area contributed by atoms with Gasteiger partial charge in [-0.25, -0.2) is 0 Å². The number of amides is 1. The molecule has 2 aliphatic rings. The lowest BCUT2D eigenvalue weighted by molar-refractivity contribution is -0.134. The van der Waals surface area contributed by atoms with Crippen molar-refractivity contribution in [1.29, 1.82) is 0 Å². The molecule has 1 atom stereocenters. The van der Waals surface area contributed by atoms with E-state index in [-0.39, 0.29) is 5.91 Å². The van der Waals surface area contributed by atoms with Crippen LogP contribution in [0.4, 0.5) is 0 Å². The topological polar surface area (TPSA) is 49.6 Å². The standard InChI is InChI=1S/C18H27N3O/c19-17(14-15-6-2-1-3-7-15)18(22)21-12-10-20(11-13-21)16-8-4-5-9-16/h1-3,6-7,16-17H,4-5,8-14,19H2/t17-/m0/s1. The van der Waals surface area contributed by atoms with Crippen molar-refractivity contribution >= 4 is 5.91 Å². The number of benzene rings is 1. The fraction of sp³-hybridized carbons (Fsp3) is 0.611. The van der Waals surface area contributed by atoms with Gasteiger partial charge in [0.25, 0.3) is 0 Å². The molecule has 2 fully saturated rings. The van der Waals surface area contributed by atoms with Gasteiger partial charge in [-0.05, 0) is 24.8 Å². The lowest BCUT2D eigenvalue weighted by Crippen LogP contribution is -2.55. The van der Waals surface area contributed by atoms with E-state index < -0.39 is 6.04 Å². The Kier molecular flexibility index (Phi) is 5.11. The molecule has 4 nitrogen and oxygen atoms in total. The average molecular weight is 301 g/mol. The third-order valence-electron chi connectivity index (χ3n) is 5.08. The van der Waals surface area contributed by atoms with Gasteiger partial charge in [0.1, 0.15) is 0 Å². The molecule has 1 heterocycles. The highest BCUT2D eigenvalue weighted by atomic mass is 16.2. The Balaban J connectivity index is 1.48. The molecule has 0 aromatic heterocycles. The minimum Gasteiger partial charge on any atom is -0.339 e. The van der Waals surface area contributed by atoms with E-state index in [2.05, 4.69) is 4.90 Å². The fourth-order valence-electron chi connectivity index (χ4n) is 3.77. The maximum Gasteiger partial charge on any atom is 0.239 e. The zero-order valence-corrected chi connectivity index (χ0v) is 13.3. The van der Waals surface area contributed by atoms with Crippen molar-refractivity contribution in [2.24, 2.45) is 5.73 Å². The molecule has 3 rings (SSSR count). The molecule has 22 heavy (non-hydrogen) atoms. The van der Waals surface area contributed by atoms with E-state index in [9.17, 15) is 4.79 Å². The molecule has 0 radical (unpaired) electrons. The van der Waals surface area contributed by atoms with Crippen molar-refractivity contribution in [3.63, 3.8) is 0 Å². The van der Waals surface area contributed by atoms with E-state index in [4.69, 9.17) is 5.73 Å². The van der Waals surface area contributed by atoms with E-state index >= 15 is 0 Å². The summed E-state index contributed by atoms with van der Waals surface area (Å²) in [6, 6.07) is 10.4. The van der Waals surface area contributed by atoms with Gasteiger partial charge in [0.05, 0.1) is 6.04 Å². The summed E-state index contributed by atoms with van der Waals surface area (Å²) in [6.45, 7) is 3.68. The van der Waals surface area contributed by atoms with Crippen LogP contribution in [0.2, 0.25) is 0 Å². The fourth-order valence-corrected chi connectivity index (χ4v) is 3.77. The van der Waals surface area contributed by atoms with Crippen LogP contribution in [0.15, 0.2) is 30.3 Å². The first-order valence-corrected chi connectivity index (χ1v) is 8.56. The number of rotatable bonds is 4. The van der Waals surface area contributed by atoms with Gasteiger partial charge in [-0.15, -0.1) is 0 Å². The normalized spacial score (nSPS) is 22.0. The minimum atomic E-state index is -0.416. The van der Waals surface area contributed by atoms with Crippen molar-refractivity contribution < 1.29 is 4.79 Å². The van der Waals surface area contributed by atoms with E-state index in [0.717, 1.165) is 37.8 Å².